The van der Waals surface area contributed by atoms with Crippen molar-refractivity contribution in [3.8, 4) is 5.75 Å². The van der Waals surface area contributed by atoms with Gasteiger partial charge in [-0.1, -0.05) is 44.7 Å². The van der Waals surface area contributed by atoms with E-state index in [1.54, 1.807) is 42.5 Å². The summed E-state index contributed by atoms with van der Waals surface area (Å²) in [5, 5.41) is 6.28. The highest BCUT2D eigenvalue weighted by Crippen LogP contribution is 2.23. The molecule has 0 saturated heterocycles. The Balaban J connectivity index is 1.60. The standard InChI is InChI=1S/C25H31ClN2O3/c1-17(2)14-15-31-21-11-8-18(9-12-21)24(29)28-20-10-13-23(26)22(16-20)25(30)27-19-6-4-3-5-7-19/h8-13,16-17,19H,3-7,14-15H2,1-2H3,(H,27,30)(H,28,29). The van der Waals surface area contributed by atoms with Crippen molar-refractivity contribution in [2.75, 3.05) is 11.9 Å². The molecule has 0 aliphatic heterocycles. The summed E-state index contributed by atoms with van der Waals surface area (Å²) in [7, 11) is 0. The lowest BCUT2D eigenvalue weighted by molar-refractivity contribution is 0.0926. The van der Waals surface area contributed by atoms with Crippen LogP contribution in [-0.2, 0) is 0 Å². The number of ether oxygens (including phenoxy) is 1. The van der Waals surface area contributed by atoms with Crippen LogP contribution in [-0.4, -0.2) is 24.5 Å². The number of nitrogens with one attached hydrogen (secondary N) is 2. The number of anilines is 1. The van der Waals surface area contributed by atoms with Gasteiger partial charge in [-0.15, -0.1) is 0 Å². The maximum atomic E-state index is 12.7. The van der Waals surface area contributed by atoms with Crippen molar-refractivity contribution in [3.05, 3.63) is 58.6 Å². The van der Waals surface area contributed by atoms with Crippen molar-refractivity contribution in [1.82, 2.24) is 5.32 Å². The minimum atomic E-state index is -0.255. The summed E-state index contributed by atoms with van der Waals surface area (Å²) in [5.41, 5.74) is 1.42. The summed E-state index contributed by atoms with van der Waals surface area (Å²) in [5.74, 6) is 0.870. The van der Waals surface area contributed by atoms with Crippen molar-refractivity contribution < 1.29 is 14.3 Å². The molecule has 6 heteroatoms. The molecule has 1 fully saturated rings. The van der Waals surface area contributed by atoms with Crippen LogP contribution in [0.5, 0.6) is 5.75 Å². The smallest absolute Gasteiger partial charge is 0.255 e. The molecule has 0 atom stereocenters. The minimum absolute atomic E-state index is 0.192. The lowest BCUT2D eigenvalue weighted by Crippen LogP contribution is -2.36. The zero-order chi connectivity index (χ0) is 22.2. The molecule has 0 aromatic heterocycles. The van der Waals surface area contributed by atoms with Gasteiger partial charge in [-0.05, 0) is 67.6 Å². The molecule has 1 aliphatic rings. The SMILES string of the molecule is CC(C)CCOc1ccc(C(=O)Nc2ccc(Cl)c(C(=O)NC3CCCCC3)c2)cc1. The van der Waals surface area contributed by atoms with Crippen molar-refractivity contribution in [2.24, 2.45) is 5.92 Å². The monoisotopic (exact) mass is 442 g/mol. The van der Waals surface area contributed by atoms with Crippen molar-refractivity contribution in [3.63, 3.8) is 0 Å². The Hall–Kier alpha value is -2.53. The summed E-state index contributed by atoms with van der Waals surface area (Å²) in [4.78, 5) is 25.3. The van der Waals surface area contributed by atoms with E-state index in [0.29, 0.717) is 34.4 Å². The third kappa shape index (κ3) is 7.00. The quantitative estimate of drug-likeness (QED) is 0.520. The van der Waals surface area contributed by atoms with E-state index in [1.165, 1.54) is 6.42 Å². The second kappa shape index (κ2) is 11.2. The molecule has 1 aliphatic carbocycles. The number of benzene rings is 2. The average molecular weight is 443 g/mol. The number of carbonyl (C=O) groups excluding carboxylic acids is 2. The molecule has 31 heavy (non-hydrogen) atoms. The van der Waals surface area contributed by atoms with Crippen LogP contribution in [0, 0.1) is 5.92 Å². The predicted molar refractivity (Wildman–Crippen MR) is 125 cm³/mol. The second-order valence-corrected chi connectivity index (χ2v) is 8.92. The fourth-order valence-corrected chi connectivity index (χ4v) is 3.81. The minimum Gasteiger partial charge on any atom is -0.494 e. The maximum absolute atomic E-state index is 12.7. The van der Waals surface area contributed by atoms with Gasteiger partial charge < -0.3 is 15.4 Å². The Bertz CT molecular complexity index is 890. The number of carbonyl (C=O) groups is 2. The summed E-state index contributed by atoms with van der Waals surface area (Å²) >= 11 is 6.25. The number of rotatable bonds is 8. The summed E-state index contributed by atoms with van der Waals surface area (Å²) < 4.78 is 5.70. The fourth-order valence-electron chi connectivity index (χ4n) is 3.61. The third-order valence-electron chi connectivity index (χ3n) is 5.49. The van der Waals surface area contributed by atoms with E-state index >= 15 is 0 Å². The van der Waals surface area contributed by atoms with Gasteiger partial charge in [0.2, 0.25) is 0 Å². The van der Waals surface area contributed by atoms with Crippen molar-refractivity contribution in [2.45, 2.75) is 58.4 Å². The molecule has 0 radical (unpaired) electrons. The summed E-state index contributed by atoms with van der Waals surface area (Å²) in [6.45, 7) is 4.96. The van der Waals surface area contributed by atoms with Gasteiger partial charge in [-0.2, -0.15) is 0 Å². The van der Waals surface area contributed by atoms with Gasteiger partial charge >= 0.3 is 0 Å². The molecule has 5 nitrogen and oxygen atoms in total. The van der Waals surface area contributed by atoms with Crippen molar-refractivity contribution in [1.29, 1.82) is 0 Å². The van der Waals surface area contributed by atoms with E-state index in [0.717, 1.165) is 37.9 Å². The Morgan fingerprint density at radius 2 is 1.74 bits per heavy atom. The van der Waals surface area contributed by atoms with Crippen LogP contribution in [0.3, 0.4) is 0 Å². The molecular formula is C25H31ClN2O3. The second-order valence-electron chi connectivity index (χ2n) is 8.51. The van der Waals surface area contributed by atoms with Crippen LogP contribution in [0.1, 0.15) is 73.1 Å². The number of hydrogen-bond donors (Lipinski definition) is 2. The lowest BCUT2D eigenvalue weighted by atomic mass is 9.95. The zero-order valence-electron chi connectivity index (χ0n) is 18.2. The van der Waals surface area contributed by atoms with Crippen LogP contribution in [0.2, 0.25) is 5.02 Å². The van der Waals surface area contributed by atoms with Crippen LogP contribution in [0.25, 0.3) is 0 Å². The normalized spacial score (nSPS) is 14.3. The fraction of sp³-hybridized carbons (Fsp3) is 0.440. The highest BCUT2D eigenvalue weighted by molar-refractivity contribution is 6.34. The van der Waals surface area contributed by atoms with Gasteiger partial charge in [-0.3, -0.25) is 9.59 Å². The molecule has 2 amide bonds. The molecule has 2 aromatic rings. The molecule has 0 heterocycles. The lowest BCUT2D eigenvalue weighted by Gasteiger charge is -2.23. The number of halogens is 1. The molecule has 0 spiro atoms. The highest BCUT2D eigenvalue weighted by atomic mass is 35.5. The Kier molecular flexibility index (Phi) is 8.35. The first kappa shape index (κ1) is 23.1. The molecule has 1 saturated carbocycles. The third-order valence-corrected chi connectivity index (χ3v) is 5.82. The Morgan fingerprint density at radius 3 is 2.42 bits per heavy atom. The average Bonchev–Trinajstić information content (AvgIpc) is 2.76. The molecule has 2 N–H and O–H groups in total. The maximum Gasteiger partial charge on any atom is 0.255 e. The van der Waals surface area contributed by atoms with E-state index in [-0.39, 0.29) is 17.9 Å². The zero-order valence-corrected chi connectivity index (χ0v) is 19.0. The molecule has 0 unspecified atom stereocenters. The van der Waals surface area contributed by atoms with Crippen LogP contribution < -0.4 is 15.4 Å². The number of amides is 2. The van der Waals surface area contributed by atoms with E-state index in [2.05, 4.69) is 24.5 Å². The molecule has 166 valence electrons. The van der Waals surface area contributed by atoms with Gasteiger partial charge in [0.1, 0.15) is 5.75 Å². The van der Waals surface area contributed by atoms with Crippen LogP contribution in [0.15, 0.2) is 42.5 Å². The summed E-state index contributed by atoms with van der Waals surface area (Å²) in [6, 6.07) is 12.2. The molecule has 2 aromatic carbocycles. The predicted octanol–water partition coefficient (Wildman–Crippen LogP) is 6.08. The first-order valence-electron chi connectivity index (χ1n) is 11.1. The van der Waals surface area contributed by atoms with Crippen LogP contribution >= 0.6 is 11.6 Å². The summed E-state index contributed by atoms with van der Waals surface area (Å²) in [6.07, 6.45) is 6.47. The first-order chi connectivity index (χ1) is 14.9. The van der Waals surface area contributed by atoms with E-state index in [9.17, 15) is 9.59 Å². The molecular weight excluding hydrogens is 412 g/mol. The topological polar surface area (TPSA) is 67.4 Å². The van der Waals surface area contributed by atoms with Gasteiger partial charge in [0, 0.05) is 17.3 Å². The van der Waals surface area contributed by atoms with Gasteiger partial charge in [0.05, 0.1) is 17.2 Å². The van der Waals surface area contributed by atoms with Crippen molar-refractivity contribution >= 4 is 29.1 Å². The number of hydrogen-bond acceptors (Lipinski definition) is 3. The highest BCUT2D eigenvalue weighted by Gasteiger charge is 2.19. The van der Waals surface area contributed by atoms with E-state index in [4.69, 9.17) is 16.3 Å². The largest absolute Gasteiger partial charge is 0.494 e. The van der Waals surface area contributed by atoms with E-state index < -0.39 is 0 Å². The first-order valence-corrected chi connectivity index (χ1v) is 11.4. The van der Waals surface area contributed by atoms with E-state index in [1.807, 2.05) is 0 Å². The molecule has 0 bridgehead atoms. The van der Waals surface area contributed by atoms with Gasteiger partial charge in [-0.25, -0.2) is 0 Å². The Morgan fingerprint density at radius 1 is 1.03 bits per heavy atom. The van der Waals surface area contributed by atoms with Crippen LogP contribution in [0.4, 0.5) is 5.69 Å². The van der Waals surface area contributed by atoms with Gasteiger partial charge in [0.25, 0.3) is 11.8 Å². The Labute approximate surface area is 189 Å². The molecule has 3 rings (SSSR count). The van der Waals surface area contributed by atoms with Gasteiger partial charge in [0.15, 0.2) is 0 Å².